The first-order valence-electron chi connectivity index (χ1n) is 7.88. The Morgan fingerprint density at radius 3 is 2.76 bits per heavy atom. The van der Waals surface area contributed by atoms with E-state index in [0.29, 0.717) is 25.7 Å². The van der Waals surface area contributed by atoms with Crippen LogP contribution in [0, 0.1) is 11.3 Å². The van der Waals surface area contributed by atoms with E-state index in [0.717, 1.165) is 19.5 Å². The number of likely N-dealkylation sites (tertiary alicyclic amines) is 1. The summed E-state index contributed by atoms with van der Waals surface area (Å²) >= 11 is 0. The van der Waals surface area contributed by atoms with Gasteiger partial charge in [-0.2, -0.15) is 0 Å². The number of amides is 1. The molecule has 1 saturated carbocycles. The lowest BCUT2D eigenvalue weighted by Crippen LogP contribution is -2.49. The van der Waals surface area contributed by atoms with E-state index in [-0.39, 0.29) is 11.5 Å². The fraction of sp³-hybridized carbons (Fsp3) is 0.938. The molecule has 2 atom stereocenters. The van der Waals surface area contributed by atoms with Gasteiger partial charge < -0.3 is 19.1 Å². The van der Waals surface area contributed by atoms with Gasteiger partial charge in [-0.25, -0.2) is 4.79 Å². The molecule has 0 aromatic carbocycles. The number of carbonyl (C=O) groups is 1. The number of hydrogen-bond acceptors (Lipinski definition) is 4. The molecule has 2 unspecified atom stereocenters. The van der Waals surface area contributed by atoms with Gasteiger partial charge in [-0.1, -0.05) is 0 Å². The first-order valence-corrected chi connectivity index (χ1v) is 7.88. The van der Waals surface area contributed by atoms with Crippen molar-refractivity contribution in [2.24, 2.45) is 11.3 Å². The third-order valence-corrected chi connectivity index (χ3v) is 4.30. The highest BCUT2D eigenvalue weighted by molar-refractivity contribution is 5.68. The summed E-state index contributed by atoms with van der Waals surface area (Å²) in [5.74, 6) is 0.595. The SMILES string of the molecule is COCCOCC12CCC(CN(C(=O)OC(C)(C)C)C1)C2. The van der Waals surface area contributed by atoms with Gasteiger partial charge in [0.15, 0.2) is 0 Å². The standard InChI is InChI=1S/C16H29NO4/c1-15(2,3)21-14(18)17-10-13-5-6-16(9-13,11-17)12-20-8-7-19-4/h13H,5-12H2,1-4H3. The Balaban J connectivity index is 1.90. The predicted molar refractivity (Wildman–Crippen MR) is 80.3 cm³/mol. The Labute approximate surface area is 127 Å². The van der Waals surface area contributed by atoms with Crippen LogP contribution in [0.15, 0.2) is 0 Å². The van der Waals surface area contributed by atoms with E-state index < -0.39 is 5.60 Å². The fourth-order valence-electron chi connectivity index (χ4n) is 3.48. The minimum Gasteiger partial charge on any atom is -0.444 e. The number of fused-ring (bicyclic) bond motifs is 2. The molecule has 1 aliphatic heterocycles. The summed E-state index contributed by atoms with van der Waals surface area (Å²) in [6, 6.07) is 0. The highest BCUT2D eigenvalue weighted by Gasteiger charge is 2.47. The third kappa shape index (κ3) is 4.58. The summed E-state index contributed by atoms with van der Waals surface area (Å²) < 4.78 is 16.3. The Morgan fingerprint density at radius 2 is 2.10 bits per heavy atom. The van der Waals surface area contributed by atoms with Crippen molar-refractivity contribution in [2.75, 3.05) is 40.0 Å². The molecule has 122 valence electrons. The smallest absolute Gasteiger partial charge is 0.410 e. The summed E-state index contributed by atoms with van der Waals surface area (Å²) in [4.78, 5) is 14.2. The van der Waals surface area contributed by atoms with E-state index in [2.05, 4.69) is 0 Å². The van der Waals surface area contributed by atoms with Gasteiger partial charge in [0.25, 0.3) is 0 Å². The number of piperidine rings is 1. The lowest BCUT2D eigenvalue weighted by atomic mass is 9.83. The Kier molecular flexibility index (Phi) is 5.15. The van der Waals surface area contributed by atoms with Gasteiger partial charge in [0.1, 0.15) is 5.60 Å². The largest absolute Gasteiger partial charge is 0.444 e. The molecule has 1 aliphatic carbocycles. The Hall–Kier alpha value is -0.810. The van der Waals surface area contributed by atoms with Crippen molar-refractivity contribution >= 4 is 6.09 Å². The number of methoxy groups -OCH3 is 1. The maximum Gasteiger partial charge on any atom is 0.410 e. The molecule has 0 aromatic heterocycles. The van der Waals surface area contributed by atoms with Crippen molar-refractivity contribution in [3.8, 4) is 0 Å². The van der Waals surface area contributed by atoms with E-state index >= 15 is 0 Å². The van der Waals surface area contributed by atoms with E-state index in [9.17, 15) is 4.79 Å². The molecule has 2 rings (SSSR count). The summed E-state index contributed by atoms with van der Waals surface area (Å²) in [6.07, 6.45) is 3.31. The first-order chi connectivity index (χ1) is 9.84. The molecule has 1 amide bonds. The van der Waals surface area contributed by atoms with Crippen LogP contribution in [0.25, 0.3) is 0 Å². The molecule has 5 nitrogen and oxygen atoms in total. The second-order valence-corrected chi connectivity index (χ2v) is 7.52. The van der Waals surface area contributed by atoms with E-state index in [1.54, 1.807) is 7.11 Å². The number of nitrogens with zero attached hydrogens (tertiary/aromatic N) is 1. The van der Waals surface area contributed by atoms with Crippen LogP contribution in [0.1, 0.15) is 40.0 Å². The molecule has 21 heavy (non-hydrogen) atoms. The molecule has 1 heterocycles. The summed E-state index contributed by atoms with van der Waals surface area (Å²) in [5, 5.41) is 0. The van der Waals surface area contributed by atoms with Crippen molar-refractivity contribution in [3.05, 3.63) is 0 Å². The first kappa shape index (κ1) is 16.6. The second-order valence-electron chi connectivity index (χ2n) is 7.52. The van der Waals surface area contributed by atoms with Crippen LogP contribution in [-0.2, 0) is 14.2 Å². The maximum atomic E-state index is 12.3. The van der Waals surface area contributed by atoms with Crippen LogP contribution in [0.2, 0.25) is 0 Å². The summed E-state index contributed by atoms with van der Waals surface area (Å²) in [5.41, 5.74) is -0.316. The Bertz CT molecular complexity index is 366. The molecule has 0 spiro atoms. The van der Waals surface area contributed by atoms with Gasteiger partial charge in [0.05, 0.1) is 19.8 Å². The maximum absolute atomic E-state index is 12.3. The zero-order valence-corrected chi connectivity index (χ0v) is 13.8. The average molecular weight is 299 g/mol. The molecule has 5 heteroatoms. The Morgan fingerprint density at radius 1 is 1.33 bits per heavy atom. The molecule has 2 fully saturated rings. The van der Waals surface area contributed by atoms with Crippen molar-refractivity contribution < 1.29 is 19.0 Å². The van der Waals surface area contributed by atoms with Crippen LogP contribution < -0.4 is 0 Å². The minimum absolute atomic E-state index is 0.119. The summed E-state index contributed by atoms with van der Waals surface area (Å²) in [6.45, 7) is 9.27. The van der Waals surface area contributed by atoms with Crippen LogP contribution in [0.3, 0.4) is 0 Å². The fourth-order valence-corrected chi connectivity index (χ4v) is 3.48. The predicted octanol–water partition coefficient (Wildman–Crippen LogP) is 2.69. The molecule has 2 aliphatic rings. The molecule has 0 N–H and O–H groups in total. The monoisotopic (exact) mass is 299 g/mol. The van der Waals surface area contributed by atoms with E-state index in [4.69, 9.17) is 14.2 Å². The van der Waals surface area contributed by atoms with Crippen molar-refractivity contribution in [2.45, 2.75) is 45.6 Å². The quantitative estimate of drug-likeness (QED) is 0.732. The minimum atomic E-state index is -0.435. The zero-order valence-electron chi connectivity index (χ0n) is 13.8. The molecule has 0 radical (unpaired) electrons. The lowest BCUT2D eigenvalue weighted by Gasteiger charge is -2.40. The van der Waals surface area contributed by atoms with Gasteiger partial charge >= 0.3 is 6.09 Å². The van der Waals surface area contributed by atoms with Gasteiger partial charge in [0, 0.05) is 25.6 Å². The summed E-state index contributed by atoms with van der Waals surface area (Å²) in [7, 11) is 1.68. The van der Waals surface area contributed by atoms with Crippen LogP contribution in [-0.4, -0.2) is 56.6 Å². The molecular weight excluding hydrogens is 270 g/mol. The lowest BCUT2D eigenvalue weighted by molar-refractivity contribution is -0.0271. The molecular formula is C16H29NO4. The number of ether oxygens (including phenoxy) is 3. The highest BCUT2D eigenvalue weighted by atomic mass is 16.6. The zero-order chi connectivity index (χ0) is 15.5. The van der Waals surface area contributed by atoms with Crippen LogP contribution in [0.5, 0.6) is 0 Å². The topological polar surface area (TPSA) is 48.0 Å². The van der Waals surface area contributed by atoms with Crippen molar-refractivity contribution in [1.29, 1.82) is 0 Å². The highest BCUT2D eigenvalue weighted by Crippen LogP contribution is 2.46. The average Bonchev–Trinajstić information content (AvgIpc) is 2.68. The van der Waals surface area contributed by atoms with Gasteiger partial charge in [0.2, 0.25) is 0 Å². The van der Waals surface area contributed by atoms with Gasteiger partial charge in [-0.05, 0) is 46.0 Å². The number of carbonyl (C=O) groups excluding carboxylic acids is 1. The third-order valence-electron chi connectivity index (χ3n) is 4.30. The molecule has 1 saturated heterocycles. The van der Waals surface area contributed by atoms with Crippen molar-refractivity contribution in [3.63, 3.8) is 0 Å². The van der Waals surface area contributed by atoms with E-state index in [1.807, 2.05) is 25.7 Å². The van der Waals surface area contributed by atoms with Crippen LogP contribution >= 0.6 is 0 Å². The number of rotatable bonds is 5. The van der Waals surface area contributed by atoms with Crippen LogP contribution in [0.4, 0.5) is 4.79 Å². The molecule has 2 bridgehead atoms. The van der Waals surface area contributed by atoms with Crippen molar-refractivity contribution in [1.82, 2.24) is 4.90 Å². The normalized spacial score (nSPS) is 28.8. The van der Waals surface area contributed by atoms with Gasteiger partial charge in [-0.3, -0.25) is 0 Å². The molecule has 0 aromatic rings. The second kappa shape index (κ2) is 6.53. The van der Waals surface area contributed by atoms with E-state index in [1.165, 1.54) is 12.8 Å². The van der Waals surface area contributed by atoms with Gasteiger partial charge in [-0.15, -0.1) is 0 Å². The number of hydrogen-bond donors (Lipinski definition) is 0.